The standard InChI is InChI=1S/C19H22N2O3/c1-14(2)24-19(23)15-9-11-16(12-10-15)20-18(22)13-21(3)17-7-5-4-6-8-17/h4-12,14H,13H2,1-3H3,(H,20,22). The van der Waals surface area contributed by atoms with Crippen LogP contribution in [0.5, 0.6) is 0 Å². The van der Waals surface area contributed by atoms with Crippen molar-refractivity contribution in [3.05, 3.63) is 60.2 Å². The molecular formula is C19H22N2O3. The third-order valence-electron chi connectivity index (χ3n) is 3.32. The van der Waals surface area contributed by atoms with Gasteiger partial charge in [0.2, 0.25) is 5.91 Å². The number of carbonyl (C=O) groups excluding carboxylic acids is 2. The molecule has 0 spiro atoms. The van der Waals surface area contributed by atoms with Crippen molar-refractivity contribution in [3.63, 3.8) is 0 Å². The summed E-state index contributed by atoms with van der Waals surface area (Å²) in [6.45, 7) is 3.84. The van der Waals surface area contributed by atoms with Crippen LogP contribution in [0.3, 0.4) is 0 Å². The normalized spacial score (nSPS) is 10.3. The van der Waals surface area contributed by atoms with E-state index in [4.69, 9.17) is 4.74 Å². The van der Waals surface area contributed by atoms with E-state index >= 15 is 0 Å². The number of nitrogens with zero attached hydrogens (tertiary/aromatic N) is 1. The number of amides is 1. The van der Waals surface area contributed by atoms with E-state index in [0.717, 1.165) is 5.69 Å². The van der Waals surface area contributed by atoms with Gasteiger partial charge in [-0.1, -0.05) is 18.2 Å². The molecule has 24 heavy (non-hydrogen) atoms. The molecule has 0 aliphatic rings. The summed E-state index contributed by atoms with van der Waals surface area (Å²) in [4.78, 5) is 25.8. The van der Waals surface area contributed by atoms with Gasteiger partial charge in [-0.25, -0.2) is 4.79 Å². The molecular weight excluding hydrogens is 304 g/mol. The molecule has 5 heteroatoms. The number of esters is 1. The second-order valence-electron chi connectivity index (χ2n) is 5.77. The van der Waals surface area contributed by atoms with Gasteiger partial charge in [-0.2, -0.15) is 0 Å². The third kappa shape index (κ3) is 5.12. The largest absolute Gasteiger partial charge is 0.459 e. The van der Waals surface area contributed by atoms with E-state index in [0.29, 0.717) is 11.3 Å². The maximum Gasteiger partial charge on any atom is 0.338 e. The van der Waals surface area contributed by atoms with Crippen LogP contribution in [0.1, 0.15) is 24.2 Å². The number of nitrogens with one attached hydrogen (secondary N) is 1. The fourth-order valence-corrected chi connectivity index (χ4v) is 2.16. The second-order valence-corrected chi connectivity index (χ2v) is 5.77. The van der Waals surface area contributed by atoms with Gasteiger partial charge >= 0.3 is 5.97 Å². The number of likely N-dealkylation sites (N-methyl/N-ethyl adjacent to an activating group) is 1. The molecule has 5 nitrogen and oxygen atoms in total. The molecule has 0 unspecified atom stereocenters. The molecule has 2 rings (SSSR count). The average Bonchev–Trinajstić information content (AvgIpc) is 2.55. The van der Waals surface area contributed by atoms with Crippen molar-refractivity contribution in [2.24, 2.45) is 0 Å². The van der Waals surface area contributed by atoms with Gasteiger partial charge in [0.05, 0.1) is 18.2 Å². The zero-order valence-electron chi connectivity index (χ0n) is 14.2. The molecule has 0 aliphatic carbocycles. The molecule has 0 saturated heterocycles. The number of ether oxygens (including phenoxy) is 1. The first-order valence-corrected chi connectivity index (χ1v) is 7.83. The minimum Gasteiger partial charge on any atom is -0.459 e. The van der Waals surface area contributed by atoms with Crippen LogP contribution in [0.2, 0.25) is 0 Å². The molecule has 0 radical (unpaired) electrons. The lowest BCUT2D eigenvalue weighted by molar-refractivity contribution is -0.114. The van der Waals surface area contributed by atoms with Crippen LogP contribution in [0, 0.1) is 0 Å². The highest BCUT2D eigenvalue weighted by Gasteiger charge is 2.10. The minimum absolute atomic E-state index is 0.126. The third-order valence-corrected chi connectivity index (χ3v) is 3.32. The number of para-hydroxylation sites is 1. The maximum absolute atomic E-state index is 12.1. The molecule has 0 aliphatic heterocycles. The minimum atomic E-state index is -0.369. The molecule has 2 aromatic carbocycles. The molecule has 0 heterocycles. The Kier molecular flexibility index (Phi) is 5.95. The fourth-order valence-electron chi connectivity index (χ4n) is 2.16. The van der Waals surface area contributed by atoms with Crippen molar-refractivity contribution >= 4 is 23.3 Å². The van der Waals surface area contributed by atoms with Crippen LogP contribution in [0.15, 0.2) is 54.6 Å². The molecule has 1 N–H and O–H groups in total. The summed E-state index contributed by atoms with van der Waals surface area (Å²) in [7, 11) is 1.86. The summed E-state index contributed by atoms with van der Waals surface area (Å²) in [5.74, 6) is -0.495. The summed E-state index contributed by atoms with van der Waals surface area (Å²) >= 11 is 0. The molecule has 0 fully saturated rings. The van der Waals surface area contributed by atoms with E-state index < -0.39 is 0 Å². The monoisotopic (exact) mass is 326 g/mol. The number of hydrogen-bond donors (Lipinski definition) is 1. The highest BCUT2D eigenvalue weighted by molar-refractivity contribution is 5.95. The van der Waals surface area contributed by atoms with E-state index in [-0.39, 0.29) is 24.5 Å². The van der Waals surface area contributed by atoms with Crippen molar-refractivity contribution in [1.82, 2.24) is 0 Å². The Morgan fingerprint density at radius 2 is 1.67 bits per heavy atom. The summed E-state index contributed by atoms with van der Waals surface area (Å²) in [5.41, 5.74) is 2.07. The number of benzene rings is 2. The summed E-state index contributed by atoms with van der Waals surface area (Å²) in [6.07, 6.45) is -0.162. The number of hydrogen-bond acceptors (Lipinski definition) is 4. The lowest BCUT2D eigenvalue weighted by atomic mass is 10.2. The Balaban J connectivity index is 1.91. The van der Waals surface area contributed by atoms with Crippen molar-refractivity contribution in [1.29, 1.82) is 0 Å². The average molecular weight is 326 g/mol. The zero-order valence-corrected chi connectivity index (χ0v) is 14.2. The highest BCUT2D eigenvalue weighted by atomic mass is 16.5. The summed E-state index contributed by atoms with van der Waals surface area (Å²) in [6, 6.07) is 16.3. The van der Waals surface area contributed by atoms with E-state index in [1.165, 1.54) is 0 Å². The van der Waals surface area contributed by atoms with Crippen LogP contribution in [-0.2, 0) is 9.53 Å². The van der Waals surface area contributed by atoms with Gasteiger partial charge in [0.1, 0.15) is 0 Å². The van der Waals surface area contributed by atoms with Crippen molar-refractivity contribution in [3.8, 4) is 0 Å². The Morgan fingerprint density at radius 1 is 1.04 bits per heavy atom. The SMILES string of the molecule is CC(C)OC(=O)c1ccc(NC(=O)CN(C)c2ccccc2)cc1. The first kappa shape index (κ1) is 17.5. The first-order chi connectivity index (χ1) is 11.5. The number of anilines is 2. The lowest BCUT2D eigenvalue weighted by Crippen LogP contribution is -2.29. The van der Waals surface area contributed by atoms with Gasteiger partial charge in [0.25, 0.3) is 0 Å². The lowest BCUT2D eigenvalue weighted by Gasteiger charge is -2.18. The van der Waals surface area contributed by atoms with Gasteiger partial charge in [0.15, 0.2) is 0 Å². The molecule has 0 atom stereocenters. The Morgan fingerprint density at radius 3 is 2.25 bits per heavy atom. The van der Waals surface area contributed by atoms with Crippen molar-refractivity contribution in [2.75, 3.05) is 23.8 Å². The predicted octanol–water partition coefficient (Wildman–Crippen LogP) is 3.33. The van der Waals surface area contributed by atoms with E-state index in [2.05, 4.69) is 5.32 Å². The van der Waals surface area contributed by atoms with E-state index in [9.17, 15) is 9.59 Å². The maximum atomic E-state index is 12.1. The van der Waals surface area contributed by atoms with Crippen LogP contribution < -0.4 is 10.2 Å². The Labute approximate surface area is 142 Å². The zero-order chi connectivity index (χ0) is 17.5. The second kappa shape index (κ2) is 8.15. The molecule has 0 bridgehead atoms. The molecule has 1 amide bonds. The van der Waals surface area contributed by atoms with E-state index in [1.54, 1.807) is 38.1 Å². The Hall–Kier alpha value is -2.82. The smallest absolute Gasteiger partial charge is 0.338 e. The molecule has 0 saturated carbocycles. The van der Waals surface area contributed by atoms with Gasteiger partial charge in [-0.05, 0) is 50.2 Å². The van der Waals surface area contributed by atoms with Crippen LogP contribution in [0.4, 0.5) is 11.4 Å². The van der Waals surface area contributed by atoms with Crippen LogP contribution >= 0.6 is 0 Å². The van der Waals surface area contributed by atoms with Gasteiger partial charge in [-0.3, -0.25) is 4.79 Å². The summed E-state index contributed by atoms with van der Waals surface area (Å²) in [5, 5.41) is 2.82. The topological polar surface area (TPSA) is 58.6 Å². The number of rotatable bonds is 6. The van der Waals surface area contributed by atoms with Gasteiger partial charge < -0.3 is 15.0 Å². The van der Waals surface area contributed by atoms with Crippen LogP contribution in [-0.4, -0.2) is 31.6 Å². The Bertz CT molecular complexity index is 682. The number of carbonyl (C=O) groups is 2. The highest BCUT2D eigenvalue weighted by Crippen LogP contribution is 2.13. The molecule has 2 aromatic rings. The van der Waals surface area contributed by atoms with E-state index in [1.807, 2.05) is 42.3 Å². The molecule has 126 valence electrons. The summed E-state index contributed by atoms with van der Waals surface area (Å²) < 4.78 is 5.13. The van der Waals surface area contributed by atoms with Crippen molar-refractivity contribution in [2.45, 2.75) is 20.0 Å². The van der Waals surface area contributed by atoms with Crippen LogP contribution in [0.25, 0.3) is 0 Å². The fraction of sp³-hybridized carbons (Fsp3) is 0.263. The molecule has 0 aromatic heterocycles. The quantitative estimate of drug-likeness (QED) is 0.827. The van der Waals surface area contributed by atoms with Gasteiger partial charge in [0, 0.05) is 18.4 Å². The van der Waals surface area contributed by atoms with Gasteiger partial charge in [-0.15, -0.1) is 0 Å². The van der Waals surface area contributed by atoms with Crippen molar-refractivity contribution < 1.29 is 14.3 Å². The predicted molar refractivity (Wildman–Crippen MR) is 95.3 cm³/mol. The first-order valence-electron chi connectivity index (χ1n) is 7.83.